The number of nitrogens with one attached hydrogen (secondary N) is 1. The van der Waals surface area contributed by atoms with E-state index in [-0.39, 0.29) is 18.6 Å². The number of amides is 1. The van der Waals surface area contributed by atoms with Crippen LogP contribution in [0, 0.1) is 11.3 Å². The van der Waals surface area contributed by atoms with Gasteiger partial charge in [-0.25, -0.2) is 4.79 Å². The summed E-state index contributed by atoms with van der Waals surface area (Å²) in [5, 5.41) is 2.85. The summed E-state index contributed by atoms with van der Waals surface area (Å²) in [5.74, 6) is -0.223. The lowest BCUT2D eigenvalue weighted by Crippen LogP contribution is -2.48. The number of fused-ring (bicyclic) bond motifs is 5. The topological polar surface area (TPSA) is 72.5 Å². The standard InChI is InChI=1S/C23H24FNO4S/c24-30(27,28)14-23-10-9-15(12-23)11-21(23)25-22(26)29-13-20-18-7-3-1-5-16(18)17-6-2-4-8-19(17)20/h1-8,15,20-21H,9-14H2,(H,25,26). The van der Waals surface area contributed by atoms with Crippen molar-refractivity contribution in [3.8, 4) is 11.1 Å². The summed E-state index contributed by atoms with van der Waals surface area (Å²) >= 11 is 0. The van der Waals surface area contributed by atoms with E-state index in [0.717, 1.165) is 28.7 Å². The average Bonchev–Trinajstić information content (AvgIpc) is 3.34. The van der Waals surface area contributed by atoms with Gasteiger partial charge >= 0.3 is 16.3 Å². The van der Waals surface area contributed by atoms with Crippen LogP contribution in [0.4, 0.5) is 8.68 Å². The molecule has 3 unspecified atom stereocenters. The van der Waals surface area contributed by atoms with Crippen LogP contribution in [-0.4, -0.2) is 32.9 Å². The monoisotopic (exact) mass is 429 g/mol. The molecule has 0 aliphatic heterocycles. The summed E-state index contributed by atoms with van der Waals surface area (Å²) in [5.41, 5.74) is 3.87. The number of rotatable bonds is 5. The van der Waals surface area contributed by atoms with Gasteiger partial charge < -0.3 is 10.1 Å². The molecule has 1 amide bonds. The van der Waals surface area contributed by atoms with Gasteiger partial charge in [0.25, 0.3) is 0 Å². The summed E-state index contributed by atoms with van der Waals surface area (Å²) in [4.78, 5) is 12.6. The predicted molar refractivity (Wildman–Crippen MR) is 111 cm³/mol. The molecule has 3 aliphatic carbocycles. The molecule has 2 saturated carbocycles. The van der Waals surface area contributed by atoms with Crippen molar-refractivity contribution in [2.24, 2.45) is 11.3 Å². The Morgan fingerprint density at radius 3 is 2.33 bits per heavy atom. The first kappa shape index (κ1) is 19.5. The second-order valence-corrected chi connectivity index (χ2v) is 10.3. The molecule has 0 spiro atoms. The van der Waals surface area contributed by atoms with Crippen LogP contribution in [0.3, 0.4) is 0 Å². The molecule has 30 heavy (non-hydrogen) atoms. The molecule has 2 fully saturated rings. The van der Waals surface area contributed by atoms with Gasteiger partial charge in [0.05, 0.1) is 5.75 Å². The van der Waals surface area contributed by atoms with Gasteiger partial charge in [-0.05, 0) is 53.9 Å². The molecule has 0 radical (unpaired) electrons. The number of alkyl carbamates (subject to hydrolysis) is 1. The van der Waals surface area contributed by atoms with Crippen LogP contribution in [0.15, 0.2) is 48.5 Å². The predicted octanol–water partition coefficient (Wildman–Crippen LogP) is 4.38. The summed E-state index contributed by atoms with van der Waals surface area (Å²) < 4.78 is 41.7. The van der Waals surface area contributed by atoms with Crippen molar-refractivity contribution in [1.82, 2.24) is 5.32 Å². The van der Waals surface area contributed by atoms with E-state index in [9.17, 15) is 17.1 Å². The molecule has 1 N–H and O–H groups in total. The Bertz CT molecular complexity index is 1060. The minimum Gasteiger partial charge on any atom is -0.449 e. The third-order valence-corrected chi connectivity index (χ3v) is 8.07. The highest BCUT2D eigenvalue weighted by molar-refractivity contribution is 7.86. The van der Waals surface area contributed by atoms with Gasteiger partial charge in [0.2, 0.25) is 0 Å². The maximum absolute atomic E-state index is 13.5. The van der Waals surface area contributed by atoms with Crippen LogP contribution in [-0.2, 0) is 15.0 Å². The van der Waals surface area contributed by atoms with Crippen molar-refractivity contribution in [2.45, 2.75) is 37.6 Å². The Labute approximate surface area is 175 Å². The first-order valence-corrected chi connectivity index (χ1v) is 11.9. The molecular formula is C23H24FNO4S. The maximum Gasteiger partial charge on any atom is 0.407 e. The zero-order chi connectivity index (χ0) is 20.9. The van der Waals surface area contributed by atoms with E-state index in [2.05, 4.69) is 29.6 Å². The van der Waals surface area contributed by atoms with E-state index < -0.39 is 27.5 Å². The van der Waals surface area contributed by atoms with E-state index in [1.807, 2.05) is 24.3 Å². The Morgan fingerprint density at radius 1 is 1.10 bits per heavy atom. The Hall–Kier alpha value is -2.41. The fraction of sp³-hybridized carbons (Fsp3) is 0.435. The van der Waals surface area contributed by atoms with Gasteiger partial charge in [-0.3, -0.25) is 0 Å². The van der Waals surface area contributed by atoms with Crippen molar-refractivity contribution in [1.29, 1.82) is 0 Å². The van der Waals surface area contributed by atoms with Gasteiger partial charge in [-0.1, -0.05) is 48.5 Å². The first-order chi connectivity index (χ1) is 14.3. The molecule has 2 aromatic rings. The van der Waals surface area contributed by atoms with E-state index in [1.54, 1.807) is 0 Å². The molecule has 2 aromatic carbocycles. The third kappa shape index (κ3) is 3.39. The summed E-state index contributed by atoms with van der Waals surface area (Å²) in [6.45, 7) is 0.199. The molecule has 5 nitrogen and oxygen atoms in total. The minimum atomic E-state index is -4.60. The smallest absolute Gasteiger partial charge is 0.407 e. The van der Waals surface area contributed by atoms with Gasteiger partial charge in [-0.2, -0.15) is 8.42 Å². The van der Waals surface area contributed by atoms with Crippen LogP contribution in [0.2, 0.25) is 0 Å². The van der Waals surface area contributed by atoms with Crippen LogP contribution in [0.25, 0.3) is 11.1 Å². The molecule has 0 saturated heterocycles. The quantitative estimate of drug-likeness (QED) is 0.716. The molecule has 3 aliphatic rings. The van der Waals surface area contributed by atoms with Gasteiger partial charge in [0, 0.05) is 17.4 Å². The largest absolute Gasteiger partial charge is 0.449 e. The zero-order valence-electron chi connectivity index (χ0n) is 16.5. The molecule has 158 valence electrons. The average molecular weight is 430 g/mol. The molecule has 2 bridgehead atoms. The summed E-state index contributed by atoms with van der Waals surface area (Å²) in [6, 6.07) is 15.9. The highest BCUT2D eigenvalue weighted by Crippen LogP contribution is 2.55. The number of benzene rings is 2. The number of carbonyl (C=O) groups is 1. The van der Waals surface area contributed by atoms with Crippen molar-refractivity contribution >= 4 is 16.3 Å². The van der Waals surface area contributed by atoms with E-state index in [0.29, 0.717) is 25.2 Å². The van der Waals surface area contributed by atoms with Crippen molar-refractivity contribution in [2.75, 3.05) is 12.4 Å². The number of ether oxygens (including phenoxy) is 1. The number of halogens is 1. The number of carbonyl (C=O) groups excluding carboxylic acids is 1. The number of hydrogen-bond acceptors (Lipinski definition) is 4. The fourth-order valence-corrected chi connectivity index (χ4v) is 7.09. The highest BCUT2D eigenvalue weighted by atomic mass is 32.3. The van der Waals surface area contributed by atoms with Crippen LogP contribution in [0.5, 0.6) is 0 Å². The van der Waals surface area contributed by atoms with Crippen molar-refractivity contribution in [3.05, 3.63) is 59.7 Å². The molecule has 5 rings (SSSR count). The van der Waals surface area contributed by atoms with Gasteiger partial charge in [0.1, 0.15) is 6.61 Å². The maximum atomic E-state index is 13.5. The summed E-state index contributed by atoms with van der Waals surface area (Å²) in [7, 11) is -4.60. The number of hydrogen-bond donors (Lipinski definition) is 1. The first-order valence-electron chi connectivity index (χ1n) is 10.4. The van der Waals surface area contributed by atoms with Crippen LogP contribution in [0.1, 0.15) is 42.7 Å². The second kappa shape index (κ2) is 7.08. The van der Waals surface area contributed by atoms with Crippen LogP contribution < -0.4 is 5.32 Å². The van der Waals surface area contributed by atoms with E-state index >= 15 is 0 Å². The molecular weight excluding hydrogens is 405 g/mol. The van der Waals surface area contributed by atoms with Gasteiger partial charge in [-0.15, -0.1) is 3.89 Å². The minimum absolute atomic E-state index is 0.0386. The molecule has 3 atom stereocenters. The van der Waals surface area contributed by atoms with Crippen molar-refractivity contribution < 1.29 is 21.8 Å². The third-order valence-electron chi connectivity index (χ3n) is 7.15. The van der Waals surface area contributed by atoms with E-state index in [1.165, 1.54) is 0 Å². The molecule has 7 heteroatoms. The van der Waals surface area contributed by atoms with Gasteiger partial charge in [0.15, 0.2) is 0 Å². The lowest BCUT2D eigenvalue weighted by Gasteiger charge is -2.34. The fourth-order valence-electron chi connectivity index (χ4n) is 5.94. The highest BCUT2D eigenvalue weighted by Gasteiger charge is 2.54. The SMILES string of the molecule is O=C(NC1CC2CCC1(CS(=O)(=O)F)C2)OCC1c2ccccc2-c2ccccc21. The Morgan fingerprint density at radius 2 is 1.73 bits per heavy atom. The molecule has 0 aromatic heterocycles. The Balaban J connectivity index is 1.28. The molecule has 0 heterocycles. The second-order valence-electron chi connectivity index (χ2n) is 8.91. The van der Waals surface area contributed by atoms with Crippen molar-refractivity contribution in [3.63, 3.8) is 0 Å². The lowest BCUT2D eigenvalue weighted by molar-refractivity contribution is 0.127. The zero-order valence-corrected chi connectivity index (χ0v) is 17.3. The van der Waals surface area contributed by atoms with E-state index in [4.69, 9.17) is 4.74 Å². The van der Waals surface area contributed by atoms with Crippen LogP contribution >= 0.6 is 0 Å². The summed E-state index contributed by atoms with van der Waals surface area (Å²) in [6.07, 6.45) is 2.27. The Kier molecular flexibility index (Phi) is 4.61. The normalized spacial score (nSPS) is 27.0. The lowest BCUT2D eigenvalue weighted by atomic mass is 9.81.